The van der Waals surface area contributed by atoms with Crippen LogP contribution in [0, 0.1) is 34.5 Å². The van der Waals surface area contributed by atoms with E-state index < -0.39 is 6.10 Å². The van der Waals surface area contributed by atoms with Gasteiger partial charge in [0.2, 0.25) is 0 Å². The number of hydrogen-bond donors (Lipinski definition) is 2. The van der Waals surface area contributed by atoms with Crippen LogP contribution in [-0.2, 0) is 9.59 Å². The number of aliphatic hydroxyl groups excluding tert-OH is 2. The molecule has 0 heterocycles. The third-order valence-electron chi connectivity index (χ3n) is 8.44. The molecule has 4 rings (SSSR count). The zero-order valence-corrected chi connectivity index (χ0v) is 15.3. The molecule has 4 aliphatic rings. The van der Waals surface area contributed by atoms with Crippen molar-refractivity contribution < 1.29 is 19.8 Å². The molecule has 0 aromatic rings. The number of hydrogen-bond acceptors (Lipinski definition) is 4. The fraction of sp³-hybridized carbons (Fsp3) is 0.810. The molecule has 2 N–H and O–H groups in total. The van der Waals surface area contributed by atoms with E-state index in [0.717, 1.165) is 32.1 Å². The molecular weight excluding hydrogens is 316 g/mol. The maximum absolute atomic E-state index is 12.3. The quantitative estimate of drug-likeness (QED) is 0.806. The summed E-state index contributed by atoms with van der Waals surface area (Å²) in [6, 6.07) is 0. The lowest BCUT2D eigenvalue weighted by molar-refractivity contribution is -0.146. The second-order valence-electron chi connectivity index (χ2n) is 9.42. The summed E-state index contributed by atoms with van der Waals surface area (Å²) in [6.45, 7) is 4.03. The molecule has 25 heavy (non-hydrogen) atoms. The van der Waals surface area contributed by atoms with Crippen LogP contribution in [0.4, 0.5) is 0 Å². The fourth-order valence-corrected chi connectivity index (χ4v) is 7.33. The Balaban J connectivity index is 1.70. The predicted octanol–water partition coefficient (Wildman–Crippen LogP) is 2.67. The minimum absolute atomic E-state index is 0.0541. The molecule has 0 amide bonds. The van der Waals surface area contributed by atoms with Crippen LogP contribution in [0.2, 0.25) is 0 Å². The molecule has 0 aromatic heterocycles. The van der Waals surface area contributed by atoms with E-state index in [0.29, 0.717) is 24.7 Å². The number of carbonyl (C=O) groups excluding carboxylic acids is 2. The summed E-state index contributed by atoms with van der Waals surface area (Å²) in [6.07, 6.45) is 7.32. The van der Waals surface area contributed by atoms with Crippen molar-refractivity contribution in [2.45, 2.75) is 64.9 Å². The molecule has 3 saturated carbocycles. The van der Waals surface area contributed by atoms with Gasteiger partial charge in [0.05, 0.1) is 6.10 Å². The maximum Gasteiger partial charge on any atom is 0.161 e. The standard InChI is InChI=1S/C21H30O4/c1-20-8-7-13(23)9-12(20)3-4-14-15-5-6-16(18(25)11-22)21(15,2)10-17(24)19(14)20/h9,14-17,19,22,24H,3-8,10-11H2,1-2H3/t14-,15-,16+,17+,19+,20+,21-/m1/s1. The van der Waals surface area contributed by atoms with Gasteiger partial charge in [-0.3, -0.25) is 9.59 Å². The van der Waals surface area contributed by atoms with Crippen LogP contribution in [0.25, 0.3) is 0 Å². The van der Waals surface area contributed by atoms with E-state index in [1.54, 1.807) is 0 Å². The van der Waals surface area contributed by atoms with Crippen LogP contribution in [0.3, 0.4) is 0 Å². The second-order valence-corrected chi connectivity index (χ2v) is 9.42. The Kier molecular flexibility index (Phi) is 4.01. The Morgan fingerprint density at radius 1 is 1.24 bits per heavy atom. The van der Waals surface area contributed by atoms with Crippen LogP contribution >= 0.6 is 0 Å². The van der Waals surface area contributed by atoms with Crippen molar-refractivity contribution in [3.8, 4) is 0 Å². The van der Waals surface area contributed by atoms with E-state index in [-0.39, 0.29) is 40.8 Å². The van der Waals surface area contributed by atoms with E-state index in [2.05, 4.69) is 13.8 Å². The third kappa shape index (κ3) is 2.33. The summed E-state index contributed by atoms with van der Waals surface area (Å²) >= 11 is 0. The summed E-state index contributed by atoms with van der Waals surface area (Å²) in [4.78, 5) is 24.2. The molecule has 0 radical (unpaired) electrons. The lowest BCUT2D eigenvalue weighted by atomic mass is 9.46. The van der Waals surface area contributed by atoms with Crippen molar-refractivity contribution in [2.75, 3.05) is 6.61 Å². The Bertz CT molecular complexity index is 638. The Hall–Kier alpha value is -1.00. The number of aliphatic hydroxyl groups is 2. The zero-order chi connectivity index (χ0) is 18.0. The first kappa shape index (κ1) is 17.4. The van der Waals surface area contributed by atoms with Crippen LogP contribution in [0.5, 0.6) is 0 Å². The highest BCUT2D eigenvalue weighted by molar-refractivity contribution is 5.91. The number of carbonyl (C=O) groups is 2. The van der Waals surface area contributed by atoms with E-state index in [1.807, 2.05) is 6.08 Å². The zero-order valence-electron chi connectivity index (χ0n) is 15.3. The predicted molar refractivity (Wildman–Crippen MR) is 93.7 cm³/mol. The van der Waals surface area contributed by atoms with E-state index in [9.17, 15) is 19.8 Å². The summed E-state index contributed by atoms with van der Waals surface area (Å²) in [5, 5.41) is 20.5. The first-order valence-electron chi connectivity index (χ1n) is 9.87. The first-order valence-corrected chi connectivity index (χ1v) is 9.87. The third-order valence-corrected chi connectivity index (χ3v) is 8.44. The monoisotopic (exact) mass is 346 g/mol. The molecule has 0 unspecified atom stereocenters. The lowest BCUT2D eigenvalue weighted by Crippen LogP contribution is -2.57. The van der Waals surface area contributed by atoms with Crippen LogP contribution in [-0.4, -0.2) is 34.5 Å². The normalized spacial score (nSPS) is 49.0. The maximum atomic E-state index is 12.3. The molecule has 3 fully saturated rings. The number of ketones is 2. The summed E-state index contributed by atoms with van der Waals surface area (Å²) < 4.78 is 0. The first-order chi connectivity index (χ1) is 11.8. The highest BCUT2D eigenvalue weighted by atomic mass is 16.3. The molecule has 138 valence electrons. The number of rotatable bonds is 2. The highest BCUT2D eigenvalue weighted by Crippen LogP contribution is 2.66. The van der Waals surface area contributed by atoms with Gasteiger partial charge >= 0.3 is 0 Å². The minimum atomic E-state index is -0.430. The van der Waals surface area contributed by atoms with E-state index in [1.165, 1.54) is 5.57 Å². The number of Topliss-reactive ketones (excluding diaryl/α,β-unsaturated/α-hetero) is 1. The molecule has 4 nitrogen and oxygen atoms in total. The van der Waals surface area contributed by atoms with Gasteiger partial charge < -0.3 is 10.2 Å². The smallest absolute Gasteiger partial charge is 0.161 e. The van der Waals surface area contributed by atoms with Crippen LogP contribution < -0.4 is 0 Å². The fourth-order valence-electron chi connectivity index (χ4n) is 7.33. The van der Waals surface area contributed by atoms with E-state index in [4.69, 9.17) is 0 Å². The lowest BCUT2D eigenvalue weighted by Gasteiger charge is -2.59. The molecule has 4 aliphatic carbocycles. The van der Waals surface area contributed by atoms with Gasteiger partial charge in [-0.05, 0) is 73.2 Å². The van der Waals surface area contributed by atoms with Gasteiger partial charge in [0.1, 0.15) is 6.61 Å². The molecular formula is C21H30O4. The van der Waals surface area contributed by atoms with Gasteiger partial charge in [-0.25, -0.2) is 0 Å². The Morgan fingerprint density at radius 2 is 2.00 bits per heavy atom. The van der Waals surface area contributed by atoms with Crippen molar-refractivity contribution in [3.05, 3.63) is 11.6 Å². The number of fused-ring (bicyclic) bond motifs is 5. The average molecular weight is 346 g/mol. The minimum Gasteiger partial charge on any atom is -0.393 e. The Labute approximate surface area is 149 Å². The molecule has 0 bridgehead atoms. The molecule has 0 aliphatic heterocycles. The molecule has 4 heteroatoms. The summed E-state index contributed by atoms with van der Waals surface area (Å²) in [7, 11) is 0. The van der Waals surface area contributed by atoms with Crippen LogP contribution in [0.15, 0.2) is 11.6 Å². The van der Waals surface area contributed by atoms with Gasteiger partial charge in [0.25, 0.3) is 0 Å². The van der Waals surface area contributed by atoms with Crippen molar-refractivity contribution in [1.29, 1.82) is 0 Å². The van der Waals surface area contributed by atoms with Gasteiger partial charge in [-0.2, -0.15) is 0 Å². The summed E-state index contributed by atoms with van der Waals surface area (Å²) in [5.74, 6) is 1.12. The van der Waals surface area contributed by atoms with E-state index >= 15 is 0 Å². The molecule has 0 saturated heterocycles. The van der Waals surface area contributed by atoms with Gasteiger partial charge in [0, 0.05) is 12.3 Å². The molecule has 7 atom stereocenters. The topological polar surface area (TPSA) is 74.6 Å². The van der Waals surface area contributed by atoms with Crippen molar-refractivity contribution in [1.82, 2.24) is 0 Å². The summed E-state index contributed by atoms with van der Waals surface area (Å²) in [5.41, 5.74) is 0.979. The van der Waals surface area contributed by atoms with Gasteiger partial charge in [0.15, 0.2) is 11.6 Å². The highest BCUT2D eigenvalue weighted by Gasteiger charge is 2.62. The Morgan fingerprint density at radius 3 is 2.72 bits per heavy atom. The van der Waals surface area contributed by atoms with Gasteiger partial charge in [-0.1, -0.05) is 19.4 Å². The molecule has 0 aromatic carbocycles. The van der Waals surface area contributed by atoms with Crippen molar-refractivity contribution in [2.24, 2.45) is 34.5 Å². The molecule has 0 spiro atoms. The van der Waals surface area contributed by atoms with Gasteiger partial charge in [-0.15, -0.1) is 0 Å². The number of allylic oxidation sites excluding steroid dienone is 1. The van der Waals surface area contributed by atoms with Crippen LogP contribution in [0.1, 0.15) is 58.8 Å². The average Bonchev–Trinajstić information content (AvgIpc) is 2.91. The second kappa shape index (κ2) is 5.75. The van der Waals surface area contributed by atoms with Crippen molar-refractivity contribution >= 4 is 11.6 Å². The SMILES string of the molecule is C[C@@]12C[C@H](O)[C@@H]3[C@H](CCC4=CC(=O)CC[C@@]43C)[C@H]1CC[C@H]2C(=O)CO. The largest absolute Gasteiger partial charge is 0.393 e. The van der Waals surface area contributed by atoms with Crippen molar-refractivity contribution in [3.63, 3.8) is 0 Å².